The van der Waals surface area contributed by atoms with E-state index >= 15 is 0 Å². The van der Waals surface area contributed by atoms with Crippen molar-refractivity contribution >= 4 is 11.8 Å². The highest BCUT2D eigenvalue weighted by Gasteiger charge is 2.39. The maximum atomic E-state index is 12.4. The standard InChI is InChI=1S/C14H20N2O3/c17-13-11-5-7-16(9-12(11)19-8-6-15-13)14(18)10-3-1-2-4-10/h1-2,10-12H,3-9H2,(H,15,17)/t11-,12+/m1/s1. The van der Waals surface area contributed by atoms with Crippen molar-refractivity contribution in [1.82, 2.24) is 10.2 Å². The summed E-state index contributed by atoms with van der Waals surface area (Å²) >= 11 is 0. The number of rotatable bonds is 1. The van der Waals surface area contributed by atoms with Crippen molar-refractivity contribution in [3.05, 3.63) is 12.2 Å². The number of nitrogens with one attached hydrogen (secondary N) is 1. The number of ether oxygens (including phenoxy) is 1. The molecule has 0 saturated carbocycles. The Labute approximate surface area is 113 Å². The first-order valence-corrected chi connectivity index (χ1v) is 7.09. The summed E-state index contributed by atoms with van der Waals surface area (Å²) in [5, 5.41) is 2.87. The van der Waals surface area contributed by atoms with E-state index in [-0.39, 0.29) is 29.8 Å². The van der Waals surface area contributed by atoms with Crippen molar-refractivity contribution in [3.8, 4) is 0 Å². The van der Waals surface area contributed by atoms with Crippen LogP contribution in [0.2, 0.25) is 0 Å². The lowest BCUT2D eigenvalue weighted by atomic mass is 9.92. The van der Waals surface area contributed by atoms with E-state index < -0.39 is 0 Å². The minimum Gasteiger partial charge on any atom is -0.374 e. The predicted octanol–water partition coefficient (Wildman–Crippen LogP) is 0.316. The number of piperidine rings is 1. The highest BCUT2D eigenvalue weighted by Crippen LogP contribution is 2.26. The Morgan fingerprint density at radius 1 is 1.37 bits per heavy atom. The van der Waals surface area contributed by atoms with Crippen LogP contribution in [0.25, 0.3) is 0 Å². The number of likely N-dealkylation sites (tertiary alicyclic amines) is 1. The largest absolute Gasteiger partial charge is 0.374 e. The molecule has 5 heteroatoms. The first-order valence-electron chi connectivity index (χ1n) is 7.09. The van der Waals surface area contributed by atoms with Crippen LogP contribution in [0.3, 0.4) is 0 Å². The summed E-state index contributed by atoms with van der Waals surface area (Å²) in [7, 11) is 0. The number of allylic oxidation sites excluding steroid dienone is 2. The SMILES string of the molecule is O=C1NCCO[C@H]2CN(C(=O)C3CC=CC3)CC[C@@H]12. The third kappa shape index (κ3) is 2.52. The first-order chi connectivity index (χ1) is 9.25. The summed E-state index contributed by atoms with van der Waals surface area (Å²) in [6.07, 6.45) is 6.43. The van der Waals surface area contributed by atoms with Gasteiger partial charge >= 0.3 is 0 Å². The van der Waals surface area contributed by atoms with E-state index in [2.05, 4.69) is 17.5 Å². The van der Waals surface area contributed by atoms with Crippen LogP contribution in [-0.2, 0) is 14.3 Å². The zero-order valence-corrected chi connectivity index (χ0v) is 11.0. The van der Waals surface area contributed by atoms with Crippen LogP contribution >= 0.6 is 0 Å². The average Bonchev–Trinajstić information content (AvgIpc) is 2.90. The van der Waals surface area contributed by atoms with E-state index in [1.807, 2.05) is 4.90 Å². The molecular formula is C14H20N2O3. The van der Waals surface area contributed by atoms with Crippen molar-refractivity contribution in [2.24, 2.45) is 11.8 Å². The molecule has 5 nitrogen and oxygen atoms in total. The van der Waals surface area contributed by atoms with Gasteiger partial charge in [-0.05, 0) is 19.3 Å². The molecule has 0 aromatic carbocycles. The van der Waals surface area contributed by atoms with Gasteiger partial charge in [0.15, 0.2) is 0 Å². The second-order valence-corrected chi connectivity index (χ2v) is 5.52. The van der Waals surface area contributed by atoms with Gasteiger partial charge in [-0.15, -0.1) is 0 Å². The summed E-state index contributed by atoms with van der Waals surface area (Å²) in [6, 6.07) is 0. The predicted molar refractivity (Wildman–Crippen MR) is 69.3 cm³/mol. The van der Waals surface area contributed by atoms with E-state index in [0.29, 0.717) is 32.7 Å². The van der Waals surface area contributed by atoms with Crippen LogP contribution in [0.1, 0.15) is 19.3 Å². The van der Waals surface area contributed by atoms with Crippen molar-refractivity contribution < 1.29 is 14.3 Å². The molecule has 0 spiro atoms. The summed E-state index contributed by atoms with van der Waals surface area (Å²) in [4.78, 5) is 26.1. The topological polar surface area (TPSA) is 58.6 Å². The van der Waals surface area contributed by atoms with E-state index in [4.69, 9.17) is 4.74 Å². The average molecular weight is 264 g/mol. The van der Waals surface area contributed by atoms with Gasteiger partial charge < -0.3 is 15.0 Å². The van der Waals surface area contributed by atoms with E-state index in [0.717, 1.165) is 12.8 Å². The molecule has 2 atom stereocenters. The number of carbonyl (C=O) groups is 2. The fraction of sp³-hybridized carbons (Fsp3) is 0.714. The lowest BCUT2D eigenvalue weighted by Crippen LogP contribution is -2.51. The fourth-order valence-corrected chi connectivity index (χ4v) is 3.18. The van der Waals surface area contributed by atoms with E-state index in [1.54, 1.807) is 0 Å². The van der Waals surface area contributed by atoms with Crippen LogP contribution in [-0.4, -0.2) is 49.1 Å². The highest BCUT2D eigenvalue weighted by molar-refractivity contribution is 5.82. The third-order valence-electron chi connectivity index (χ3n) is 4.30. The molecule has 0 aromatic heterocycles. The molecule has 2 heterocycles. The van der Waals surface area contributed by atoms with Gasteiger partial charge in [-0.3, -0.25) is 9.59 Å². The lowest BCUT2D eigenvalue weighted by molar-refractivity contribution is -0.144. The number of hydrogen-bond donors (Lipinski definition) is 1. The number of nitrogens with zero attached hydrogens (tertiary/aromatic N) is 1. The summed E-state index contributed by atoms with van der Waals surface area (Å²) in [5.74, 6) is 0.318. The molecule has 2 amide bonds. The normalized spacial score (nSPS) is 31.8. The molecule has 0 bridgehead atoms. The molecule has 2 saturated heterocycles. The van der Waals surface area contributed by atoms with Gasteiger partial charge in [-0.1, -0.05) is 12.2 Å². The number of carbonyl (C=O) groups excluding carboxylic acids is 2. The van der Waals surface area contributed by atoms with Gasteiger partial charge in [-0.25, -0.2) is 0 Å². The van der Waals surface area contributed by atoms with Gasteiger partial charge in [0, 0.05) is 25.6 Å². The van der Waals surface area contributed by atoms with Crippen molar-refractivity contribution in [2.45, 2.75) is 25.4 Å². The highest BCUT2D eigenvalue weighted by atomic mass is 16.5. The van der Waals surface area contributed by atoms with Gasteiger partial charge in [0.2, 0.25) is 11.8 Å². The Kier molecular flexibility index (Phi) is 3.55. The second-order valence-electron chi connectivity index (χ2n) is 5.52. The summed E-state index contributed by atoms with van der Waals surface area (Å²) in [6.45, 7) is 2.35. The second kappa shape index (κ2) is 5.33. The fourth-order valence-electron chi connectivity index (χ4n) is 3.18. The number of fused-ring (bicyclic) bond motifs is 1. The maximum absolute atomic E-state index is 12.4. The molecule has 0 unspecified atom stereocenters. The van der Waals surface area contributed by atoms with Crippen LogP contribution in [0.5, 0.6) is 0 Å². The summed E-state index contributed by atoms with van der Waals surface area (Å²) in [5.41, 5.74) is 0. The molecular weight excluding hydrogens is 244 g/mol. The molecule has 3 aliphatic rings. The smallest absolute Gasteiger partial charge is 0.226 e. The molecule has 1 N–H and O–H groups in total. The number of amides is 2. The lowest BCUT2D eigenvalue weighted by Gasteiger charge is -2.37. The Morgan fingerprint density at radius 3 is 2.95 bits per heavy atom. The zero-order chi connectivity index (χ0) is 13.2. The molecule has 19 heavy (non-hydrogen) atoms. The molecule has 2 aliphatic heterocycles. The first kappa shape index (κ1) is 12.7. The number of hydrogen-bond acceptors (Lipinski definition) is 3. The van der Waals surface area contributed by atoms with Crippen molar-refractivity contribution in [3.63, 3.8) is 0 Å². The molecule has 104 valence electrons. The van der Waals surface area contributed by atoms with Crippen LogP contribution in [0.15, 0.2) is 12.2 Å². The van der Waals surface area contributed by atoms with Crippen LogP contribution in [0.4, 0.5) is 0 Å². The Morgan fingerprint density at radius 2 is 2.16 bits per heavy atom. The Balaban J connectivity index is 1.64. The van der Waals surface area contributed by atoms with E-state index in [1.165, 1.54) is 0 Å². The van der Waals surface area contributed by atoms with Gasteiger partial charge in [-0.2, -0.15) is 0 Å². The minimum atomic E-state index is -0.130. The van der Waals surface area contributed by atoms with E-state index in [9.17, 15) is 9.59 Å². The van der Waals surface area contributed by atoms with Crippen LogP contribution in [0, 0.1) is 11.8 Å². The zero-order valence-electron chi connectivity index (χ0n) is 11.0. The van der Waals surface area contributed by atoms with Gasteiger partial charge in [0.05, 0.1) is 18.6 Å². The molecule has 3 rings (SSSR count). The molecule has 2 fully saturated rings. The summed E-state index contributed by atoms with van der Waals surface area (Å²) < 4.78 is 5.73. The van der Waals surface area contributed by atoms with Crippen molar-refractivity contribution in [2.75, 3.05) is 26.2 Å². The Hall–Kier alpha value is -1.36. The monoisotopic (exact) mass is 264 g/mol. The molecule has 1 aliphatic carbocycles. The minimum absolute atomic E-state index is 0.0807. The molecule has 0 aromatic rings. The maximum Gasteiger partial charge on any atom is 0.226 e. The third-order valence-corrected chi connectivity index (χ3v) is 4.30. The van der Waals surface area contributed by atoms with Crippen molar-refractivity contribution in [1.29, 1.82) is 0 Å². The quantitative estimate of drug-likeness (QED) is 0.694. The van der Waals surface area contributed by atoms with Gasteiger partial charge in [0.1, 0.15) is 0 Å². The van der Waals surface area contributed by atoms with Crippen LogP contribution < -0.4 is 5.32 Å². The van der Waals surface area contributed by atoms with Gasteiger partial charge in [0.25, 0.3) is 0 Å². The molecule has 0 radical (unpaired) electrons. The Bertz CT molecular complexity index is 399.